The Labute approximate surface area is 177 Å². The molecular weight excluding hydrogens is 385 g/mol. The van der Waals surface area contributed by atoms with Crippen molar-refractivity contribution in [3.63, 3.8) is 0 Å². The number of likely N-dealkylation sites (N-methyl/N-ethyl adjacent to an activating group) is 1. The summed E-state index contributed by atoms with van der Waals surface area (Å²) in [5.41, 5.74) is 5.08. The van der Waals surface area contributed by atoms with Crippen LogP contribution in [-0.2, 0) is 25.9 Å². The van der Waals surface area contributed by atoms with Gasteiger partial charge in [-0.05, 0) is 0 Å². The third-order valence-corrected chi connectivity index (χ3v) is 6.48. The Morgan fingerprint density at radius 1 is 0.929 bits per heavy atom. The molecule has 0 fully saturated rings. The first-order valence-corrected chi connectivity index (χ1v) is 10.2. The summed E-state index contributed by atoms with van der Waals surface area (Å²) in [5, 5.41) is 0. The number of para-hydroxylation sites is 1. The van der Waals surface area contributed by atoms with Crippen LogP contribution in [0.2, 0.25) is 0 Å². The van der Waals surface area contributed by atoms with Crippen molar-refractivity contribution in [1.82, 2.24) is 0 Å². The fraction of sp³-hybridized carbons (Fsp3) is 0.269. The summed E-state index contributed by atoms with van der Waals surface area (Å²) in [6.07, 6.45) is 10.5. The van der Waals surface area contributed by atoms with Gasteiger partial charge >= 0.3 is 177 Å². The van der Waals surface area contributed by atoms with Crippen molar-refractivity contribution in [2.24, 2.45) is 0 Å². The first-order valence-electron chi connectivity index (χ1n) is 9.70. The van der Waals surface area contributed by atoms with Crippen LogP contribution in [0, 0.1) is 0 Å². The molecule has 0 bridgehead atoms. The van der Waals surface area contributed by atoms with Crippen LogP contribution in [0.4, 0.5) is 5.69 Å². The number of allylic oxidation sites excluding steroid dienone is 6. The van der Waals surface area contributed by atoms with Gasteiger partial charge in [0.1, 0.15) is 0 Å². The van der Waals surface area contributed by atoms with Crippen molar-refractivity contribution in [3.8, 4) is 0 Å². The second-order valence-electron chi connectivity index (χ2n) is 8.30. The Morgan fingerprint density at radius 2 is 1.57 bits per heavy atom. The third kappa shape index (κ3) is 3.84. The van der Waals surface area contributed by atoms with E-state index < -0.39 is 0 Å². The molecule has 3 rings (SSSR count). The number of hydrogen-bond acceptors (Lipinski definition) is 1. The van der Waals surface area contributed by atoms with Crippen LogP contribution in [-0.4, -0.2) is 11.5 Å². The van der Waals surface area contributed by atoms with Crippen molar-refractivity contribution in [2.75, 3.05) is 11.9 Å². The van der Waals surface area contributed by atoms with Crippen LogP contribution < -0.4 is 4.90 Å². The molecule has 0 aromatic heterocycles. The Hall–Kier alpha value is -2.18. The molecule has 0 N–H and O–H groups in total. The second-order valence-corrected chi connectivity index (χ2v) is 8.83. The number of hydrogen-bond donors (Lipinski definition) is 0. The van der Waals surface area contributed by atoms with E-state index in [0.29, 0.717) is 0 Å². The van der Waals surface area contributed by atoms with Crippen LogP contribution >= 0.6 is 0 Å². The van der Waals surface area contributed by atoms with E-state index in [9.17, 15) is 0 Å². The van der Waals surface area contributed by atoms with E-state index in [-0.39, 0.29) is 10.8 Å². The predicted octanol–water partition coefficient (Wildman–Crippen LogP) is 6.11. The van der Waals surface area contributed by atoms with E-state index in [2.05, 4.69) is 119 Å². The van der Waals surface area contributed by atoms with Gasteiger partial charge in [0.05, 0.1) is 0 Å². The molecule has 0 saturated carbocycles. The molecule has 0 atom stereocenters. The van der Waals surface area contributed by atoms with Crippen LogP contribution in [0.3, 0.4) is 0 Å². The summed E-state index contributed by atoms with van der Waals surface area (Å²) in [7, 11) is 2.14. The van der Waals surface area contributed by atoms with Gasteiger partial charge in [-0.1, -0.05) is 0 Å². The van der Waals surface area contributed by atoms with Gasteiger partial charge in [0, 0.05) is 0 Å². The molecule has 0 aliphatic carbocycles. The molecule has 0 spiro atoms. The number of rotatable bonds is 5. The molecule has 0 amide bonds. The van der Waals surface area contributed by atoms with Crippen molar-refractivity contribution >= 4 is 10.2 Å². The summed E-state index contributed by atoms with van der Waals surface area (Å²) >= 11 is 5.34. The van der Waals surface area contributed by atoms with Gasteiger partial charge in [0.2, 0.25) is 0 Å². The van der Waals surface area contributed by atoms with E-state index in [4.69, 9.17) is 15.0 Å². The maximum atomic E-state index is 5.34. The molecule has 0 unspecified atom stereocenters. The second kappa shape index (κ2) is 8.05. The molecule has 2 aromatic carbocycles. The monoisotopic (exact) mass is 413 g/mol. The Bertz CT molecular complexity index is 945. The van der Waals surface area contributed by atoms with Gasteiger partial charge in [-0.15, -0.1) is 0 Å². The maximum absolute atomic E-state index is 5.34. The van der Waals surface area contributed by atoms with E-state index in [1.807, 2.05) is 6.07 Å². The summed E-state index contributed by atoms with van der Waals surface area (Å²) in [5.74, 6) is 0. The summed E-state index contributed by atoms with van der Waals surface area (Å²) < 4.78 is 0.974. The normalized spacial score (nSPS) is 17.7. The Morgan fingerprint density at radius 3 is 2.25 bits per heavy atom. The van der Waals surface area contributed by atoms with Crippen molar-refractivity contribution < 1.29 is 15.0 Å². The van der Waals surface area contributed by atoms with Crippen LogP contribution in [0.1, 0.15) is 38.8 Å². The minimum atomic E-state index is -0.140. The number of benzene rings is 2. The van der Waals surface area contributed by atoms with Gasteiger partial charge < -0.3 is 0 Å². The standard InChI is InChI=1S/C26H29N.Ni/c1-25(2,21-15-9-8-10-16-21)20-14-7-6-11-19-24-26(3,4)22-17-12-13-18-23(22)27(24)5;/h6-19H,1-5H3;/b11-6+,14-7+,24-19+;. The van der Waals surface area contributed by atoms with Crippen molar-refractivity contribution in [1.29, 1.82) is 0 Å². The fourth-order valence-corrected chi connectivity index (χ4v) is 4.08. The van der Waals surface area contributed by atoms with Gasteiger partial charge in [0.15, 0.2) is 0 Å². The zero-order chi connectivity index (χ0) is 20.4. The zero-order valence-corrected chi connectivity index (χ0v) is 18.3. The SMILES string of the molecule is CN1/C(=C/C=C/C=C/[C](=[Ni])C(C)(C)c2ccccc2)C(C)(C)c2ccccc21. The van der Waals surface area contributed by atoms with E-state index in [0.717, 1.165) is 4.49 Å². The molecule has 2 heteroatoms. The van der Waals surface area contributed by atoms with Crippen LogP contribution in [0.15, 0.2) is 90.7 Å². The van der Waals surface area contributed by atoms with Gasteiger partial charge in [-0.3, -0.25) is 0 Å². The molecule has 148 valence electrons. The summed E-state index contributed by atoms with van der Waals surface area (Å²) in [6, 6.07) is 19.1. The third-order valence-electron chi connectivity index (χ3n) is 5.70. The molecule has 1 aliphatic rings. The first-order chi connectivity index (χ1) is 13.3. The van der Waals surface area contributed by atoms with E-state index in [1.54, 1.807) is 0 Å². The summed E-state index contributed by atoms with van der Waals surface area (Å²) in [4.78, 5) is 2.29. The molecule has 1 aliphatic heterocycles. The molecule has 0 saturated heterocycles. The quantitative estimate of drug-likeness (QED) is 0.422. The number of anilines is 1. The summed E-state index contributed by atoms with van der Waals surface area (Å²) in [6.45, 7) is 8.93. The number of fused-ring (bicyclic) bond motifs is 1. The molecule has 2 aromatic rings. The number of nitrogens with zero attached hydrogens (tertiary/aromatic N) is 1. The Kier molecular flexibility index (Phi) is 5.91. The molecule has 1 heterocycles. The first kappa shape index (κ1) is 20.6. The fourth-order valence-electron chi connectivity index (χ4n) is 3.84. The molecule has 1 nitrogen and oxygen atoms in total. The van der Waals surface area contributed by atoms with E-state index >= 15 is 0 Å². The van der Waals surface area contributed by atoms with Gasteiger partial charge in [-0.25, -0.2) is 0 Å². The molecule has 0 radical (unpaired) electrons. The molecular formula is C26H29NNi. The zero-order valence-electron chi connectivity index (χ0n) is 17.3. The average Bonchev–Trinajstić information content (AvgIpc) is 2.89. The minimum absolute atomic E-state index is 0.00602. The van der Waals surface area contributed by atoms with Gasteiger partial charge in [-0.2, -0.15) is 0 Å². The van der Waals surface area contributed by atoms with Crippen LogP contribution in [0.5, 0.6) is 0 Å². The van der Waals surface area contributed by atoms with Crippen LogP contribution in [0.25, 0.3) is 0 Å². The predicted molar refractivity (Wildman–Crippen MR) is 119 cm³/mol. The van der Waals surface area contributed by atoms with E-state index in [1.165, 1.54) is 22.5 Å². The average molecular weight is 414 g/mol. The van der Waals surface area contributed by atoms with Crippen molar-refractivity contribution in [3.05, 3.63) is 102 Å². The Balaban J connectivity index is 1.72. The van der Waals surface area contributed by atoms with Gasteiger partial charge in [0.25, 0.3) is 0 Å². The molecule has 28 heavy (non-hydrogen) atoms. The topological polar surface area (TPSA) is 3.24 Å². The van der Waals surface area contributed by atoms with Crippen molar-refractivity contribution in [2.45, 2.75) is 38.5 Å².